The molecule has 0 aliphatic carbocycles. The van der Waals surface area contributed by atoms with Crippen LogP contribution < -0.4 is 11.1 Å². The predicted molar refractivity (Wildman–Crippen MR) is 88.2 cm³/mol. The third-order valence-electron chi connectivity index (χ3n) is 3.02. The van der Waals surface area contributed by atoms with E-state index >= 15 is 0 Å². The molecule has 116 valence electrons. The minimum atomic E-state index is -3.53. The third kappa shape index (κ3) is 4.89. The first kappa shape index (κ1) is 16.0. The van der Waals surface area contributed by atoms with Gasteiger partial charge in [-0.15, -0.1) is 0 Å². The summed E-state index contributed by atoms with van der Waals surface area (Å²) < 4.78 is 24.1. The minimum Gasteiger partial charge on any atom is -0.399 e. The van der Waals surface area contributed by atoms with Gasteiger partial charge >= 0.3 is 0 Å². The van der Waals surface area contributed by atoms with E-state index in [9.17, 15) is 13.2 Å². The second-order valence-electron chi connectivity index (χ2n) is 5.19. The van der Waals surface area contributed by atoms with Crippen LogP contribution in [0.4, 0.5) is 11.4 Å². The molecule has 0 spiro atoms. The highest BCUT2D eigenvalue weighted by Crippen LogP contribution is 2.12. The Kier molecular flexibility index (Phi) is 4.82. The maximum Gasteiger partial charge on any atom is 0.239 e. The van der Waals surface area contributed by atoms with Crippen LogP contribution in [-0.2, 0) is 20.4 Å². The van der Waals surface area contributed by atoms with Crippen molar-refractivity contribution in [3.05, 3.63) is 59.7 Å². The SMILES string of the molecule is Cc1cccc(NC(=O)CS(=O)(=O)Cc2ccc(N)cc2)c1. The molecule has 0 aromatic heterocycles. The number of sulfone groups is 1. The van der Waals surface area contributed by atoms with Crippen molar-refractivity contribution in [1.29, 1.82) is 0 Å². The number of rotatable bonds is 5. The molecule has 2 rings (SSSR count). The van der Waals surface area contributed by atoms with Gasteiger partial charge < -0.3 is 11.1 Å². The number of anilines is 2. The lowest BCUT2D eigenvalue weighted by Gasteiger charge is -2.07. The lowest BCUT2D eigenvalue weighted by molar-refractivity contribution is -0.113. The quantitative estimate of drug-likeness (QED) is 0.827. The minimum absolute atomic E-state index is 0.186. The maximum atomic E-state index is 12.1. The van der Waals surface area contributed by atoms with Crippen LogP contribution in [0.15, 0.2) is 48.5 Å². The van der Waals surface area contributed by atoms with E-state index in [2.05, 4.69) is 5.32 Å². The largest absolute Gasteiger partial charge is 0.399 e. The Morgan fingerprint density at radius 2 is 1.82 bits per heavy atom. The van der Waals surface area contributed by atoms with Crippen molar-refractivity contribution >= 4 is 27.1 Å². The normalized spacial score (nSPS) is 11.1. The first-order chi connectivity index (χ1) is 10.3. The summed E-state index contributed by atoms with van der Waals surface area (Å²) in [6.07, 6.45) is 0. The van der Waals surface area contributed by atoms with Gasteiger partial charge in [-0.1, -0.05) is 24.3 Å². The number of hydrogen-bond donors (Lipinski definition) is 2. The van der Waals surface area contributed by atoms with Gasteiger partial charge in [0.15, 0.2) is 9.84 Å². The molecule has 1 amide bonds. The van der Waals surface area contributed by atoms with Crippen molar-refractivity contribution in [3.8, 4) is 0 Å². The second-order valence-corrected chi connectivity index (χ2v) is 7.26. The maximum absolute atomic E-state index is 12.1. The number of nitrogens with one attached hydrogen (secondary N) is 1. The van der Waals surface area contributed by atoms with Crippen molar-refractivity contribution in [3.63, 3.8) is 0 Å². The first-order valence-corrected chi connectivity index (χ1v) is 8.57. The molecular weight excluding hydrogens is 300 g/mol. The van der Waals surface area contributed by atoms with Gasteiger partial charge in [0.05, 0.1) is 5.75 Å². The Bertz CT molecular complexity index is 768. The number of nitrogen functional groups attached to an aromatic ring is 1. The van der Waals surface area contributed by atoms with Crippen LogP contribution in [0.2, 0.25) is 0 Å². The van der Waals surface area contributed by atoms with Gasteiger partial charge in [-0.2, -0.15) is 0 Å². The molecular formula is C16H18N2O3S. The molecule has 0 saturated carbocycles. The zero-order valence-electron chi connectivity index (χ0n) is 12.2. The van der Waals surface area contributed by atoms with Gasteiger partial charge in [0.1, 0.15) is 5.75 Å². The summed E-state index contributed by atoms with van der Waals surface area (Å²) >= 11 is 0. The summed E-state index contributed by atoms with van der Waals surface area (Å²) in [6.45, 7) is 1.90. The summed E-state index contributed by atoms with van der Waals surface area (Å²) in [5.74, 6) is -1.28. The van der Waals surface area contributed by atoms with Crippen molar-refractivity contribution in [1.82, 2.24) is 0 Å². The fourth-order valence-electron chi connectivity index (χ4n) is 2.04. The van der Waals surface area contributed by atoms with E-state index in [0.717, 1.165) is 5.56 Å². The number of aryl methyl sites for hydroxylation is 1. The molecule has 22 heavy (non-hydrogen) atoms. The molecule has 0 heterocycles. The average molecular weight is 318 g/mol. The Labute approximate surface area is 130 Å². The standard InChI is InChI=1S/C16H18N2O3S/c1-12-3-2-4-15(9-12)18-16(19)11-22(20,21)10-13-5-7-14(17)8-6-13/h2-9H,10-11,17H2,1H3,(H,18,19). The lowest BCUT2D eigenvalue weighted by Crippen LogP contribution is -2.24. The van der Waals surface area contributed by atoms with E-state index in [1.165, 1.54) is 0 Å². The zero-order chi connectivity index (χ0) is 16.2. The van der Waals surface area contributed by atoms with Gasteiger partial charge in [-0.25, -0.2) is 8.42 Å². The topological polar surface area (TPSA) is 89.3 Å². The molecule has 2 aromatic carbocycles. The van der Waals surface area contributed by atoms with Crippen molar-refractivity contribution in [2.45, 2.75) is 12.7 Å². The smallest absolute Gasteiger partial charge is 0.239 e. The molecule has 0 radical (unpaired) electrons. The van der Waals surface area contributed by atoms with Crippen LogP contribution in [0.1, 0.15) is 11.1 Å². The highest BCUT2D eigenvalue weighted by atomic mass is 32.2. The summed E-state index contributed by atoms with van der Waals surface area (Å²) in [7, 11) is -3.53. The molecule has 6 heteroatoms. The molecule has 0 aliphatic heterocycles. The first-order valence-electron chi connectivity index (χ1n) is 6.75. The van der Waals surface area contributed by atoms with E-state index in [1.807, 2.05) is 13.0 Å². The van der Waals surface area contributed by atoms with Gasteiger partial charge in [0, 0.05) is 11.4 Å². The number of carbonyl (C=O) groups excluding carboxylic acids is 1. The third-order valence-corrected chi connectivity index (χ3v) is 4.49. The highest BCUT2D eigenvalue weighted by Gasteiger charge is 2.17. The fraction of sp³-hybridized carbons (Fsp3) is 0.188. The zero-order valence-corrected chi connectivity index (χ0v) is 13.1. The summed E-state index contributed by atoms with van der Waals surface area (Å²) in [6, 6.07) is 13.8. The Morgan fingerprint density at radius 1 is 1.14 bits per heavy atom. The van der Waals surface area contributed by atoms with E-state index in [1.54, 1.807) is 42.5 Å². The monoisotopic (exact) mass is 318 g/mol. The number of nitrogens with two attached hydrogens (primary N) is 1. The predicted octanol–water partition coefficient (Wildman–Crippen LogP) is 2.13. The molecule has 0 aliphatic rings. The Hall–Kier alpha value is -2.34. The van der Waals surface area contributed by atoms with E-state index in [-0.39, 0.29) is 5.75 Å². The molecule has 0 saturated heterocycles. The molecule has 5 nitrogen and oxygen atoms in total. The van der Waals surface area contributed by atoms with Crippen LogP contribution in [0.3, 0.4) is 0 Å². The molecule has 0 bridgehead atoms. The van der Waals surface area contributed by atoms with Crippen molar-refractivity contribution in [2.75, 3.05) is 16.8 Å². The molecule has 0 fully saturated rings. The van der Waals surface area contributed by atoms with Crippen LogP contribution in [0, 0.1) is 6.92 Å². The molecule has 0 unspecified atom stereocenters. The second kappa shape index (κ2) is 6.62. The number of amides is 1. The molecule has 0 atom stereocenters. The number of hydrogen-bond acceptors (Lipinski definition) is 4. The van der Waals surface area contributed by atoms with Crippen LogP contribution in [-0.4, -0.2) is 20.1 Å². The van der Waals surface area contributed by atoms with Crippen LogP contribution >= 0.6 is 0 Å². The van der Waals surface area contributed by atoms with Gasteiger partial charge in [-0.3, -0.25) is 4.79 Å². The van der Waals surface area contributed by atoms with Crippen molar-refractivity contribution in [2.24, 2.45) is 0 Å². The van der Waals surface area contributed by atoms with Gasteiger partial charge in [-0.05, 0) is 42.3 Å². The van der Waals surface area contributed by atoms with Gasteiger partial charge in [0.25, 0.3) is 0 Å². The molecule has 3 N–H and O–H groups in total. The van der Waals surface area contributed by atoms with Crippen LogP contribution in [0.25, 0.3) is 0 Å². The van der Waals surface area contributed by atoms with Gasteiger partial charge in [0.2, 0.25) is 5.91 Å². The Morgan fingerprint density at radius 3 is 2.45 bits per heavy atom. The summed E-state index contributed by atoms with van der Waals surface area (Å²) in [4.78, 5) is 11.9. The summed E-state index contributed by atoms with van der Waals surface area (Å²) in [5, 5.41) is 2.60. The van der Waals surface area contributed by atoms with Crippen molar-refractivity contribution < 1.29 is 13.2 Å². The van der Waals surface area contributed by atoms with E-state index < -0.39 is 21.5 Å². The number of carbonyl (C=O) groups is 1. The average Bonchev–Trinajstić information content (AvgIpc) is 2.40. The lowest BCUT2D eigenvalue weighted by atomic mass is 10.2. The summed E-state index contributed by atoms with van der Waals surface area (Å²) in [5.41, 5.74) is 8.31. The van der Waals surface area contributed by atoms with E-state index in [4.69, 9.17) is 5.73 Å². The van der Waals surface area contributed by atoms with Crippen LogP contribution in [0.5, 0.6) is 0 Å². The van der Waals surface area contributed by atoms with E-state index in [0.29, 0.717) is 16.9 Å². The highest BCUT2D eigenvalue weighted by molar-refractivity contribution is 7.91. The fourth-order valence-corrected chi connectivity index (χ4v) is 3.31. The Balaban J connectivity index is 1.99. The molecule has 2 aromatic rings. The number of benzene rings is 2.